The van der Waals surface area contributed by atoms with Crippen molar-refractivity contribution in [3.63, 3.8) is 0 Å². The topological polar surface area (TPSA) is 87.3 Å². The number of imidazole rings is 1. The number of nitrogens with zero attached hydrogens (tertiary/aromatic N) is 2. The molecular weight excluding hydrogens is 344 g/mol. The maximum Gasteiger partial charge on any atom is 0.242 e. The Morgan fingerprint density at radius 3 is 2.93 bits per heavy atom. The average Bonchev–Trinajstić information content (AvgIpc) is 3.46. The minimum Gasteiger partial charge on any atom is -0.497 e. The van der Waals surface area contributed by atoms with E-state index in [0.717, 1.165) is 54.7 Å². The first-order valence-electron chi connectivity index (χ1n) is 9.76. The van der Waals surface area contributed by atoms with Crippen LogP contribution in [0.1, 0.15) is 37.9 Å². The molecule has 0 radical (unpaired) electrons. The number of carbonyl (C=O) groups is 2. The van der Waals surface area contributed by atoms with Crippen molar-refractivity contribution in [2.45, 2.75) is 44.6 Å². The lowest BCUT2D eigenvalue weighted by atomic mass is 10.0. The predicted octanol–water partition coefficient (Wildman–Crippen LogP) is 2.02. The number of benzene rings is 1. The molecule has 1 aromatic heterocycles. The molecule has 2 aliphatic rings. The highest BCUT2D eigenvalue weighted by atomic mass is 16.5. The van der Waals surface area contributed by atoms with Crippen LogP contribution in [0.4, 0.5) is 0 Å². The zero-order chi connectivity index (χ0) is 18.8. The van der Waals surface area contributed by atoms with E-state index in [9.17, 15) is 9.59 Å². The third-order valence-electron chi connectivity index (χ3n) is 5.41. The van der Waals surface area contributed by atoms with Gasteiger partial charge in [-0.25, -0.2) is 4.98 Å². The lowest BCUT2D eigenvalue weighted by Gasteiger charge is -2.34. The highest BCUT2D eigenvalue weighted by molar-refractivity contribution is 5.89. The van der Waals surface area contributed by atoms with Gasteiger partial charge in [0.1, 0.15) is 17.6 Å². The van der Waals surface area contributed by atoms with Crippen molar-refractivity contribution in [3.8, 4) is 5.75 Å². The smallest absolute Gasteiger partial charge is 0.242 e. The highest BCUT2D eigenvalue weighted by Gasteiger charge is 2.39. The summed E-state index contributed by atoms with van der Waals surface area (Å²) in [4.78, 5) is 34.7. The number of ether oxygens (including phenoxy) is 1. The number of piperidine rings is 1. The molecule has 27 heavy (non-hydrogen) atoms. The van der Waals surface area contributed by atoms with Gasteiger partial charge in [-0.2, -0.15) is 0 Å². The molecule has 7 nitrogen and oxygen atoms in total. The molecule has 2 heterocycles. The van der Waals surface area contributed by atoms with Crippen molar-refractivity contribution in [2.75, 3.05) is 20.2 Å². The van der Waals surface area contributed by atoms with Gasteiger partial charge in [0.25, 0.3) is 0 Å². The van der Waals surface area contributed by atoms with E-state index in [0.29, 0.717) is 19.5 Å². The zero-order valence-electron chi connectivity index (χ0n) is 15.7. The van der Waals surface area contributed by atoms with E-state index in [2.05, 4.69) is 15.3 Å². The fraction of sp³-hybridized carbons (Fsp3) is 0.550. The number of amides is 2. The summed E-state index contributed by atoms with van der Waals surface area (Å²) in [6.07, 6.45) is 5.31. The van der Waals surface area contributed by atoms with E-state index in [1.807, 2.05) is 23.1 Å². The number of rotatable bonds is 6. The Morgan fingerprint density at radius 1 is 1.30 bits per heavy atom. The van der Waals surface area contributed by atoms with E-state index in [1.54, 1.807) is 7.11 Å². The van der Waals surface area contributed by atoms with Crippen LogP contribution in [0.25, 0.3) is 11.0 Å². The van der Waals surface area contributed by atoms with Crippen LogP contribution in [0.2, 0.25) is 0 Å². The van der Waals surface area contributed by atoms with Gasteiger partial charge in [0, 0.05) is 31.5 Å². The molecule has 4 rings (SSSR count). The summed E-state index contributed by atoms with van der Waals surface area (Å²) in [5.41, 5.74) is 1.80. The maximum atomic E-state index is 12.6. The third-order valence-corrected chi connectivity index (χ3v) is 5.41. The molecule has 1 aromatic carbocycles. The summed E-state index contributed by atoms with van der Waals surface area (Å²) in [7, 11) is 1.64. The van der Waals surface area contributed by atoms with Crippen LogP contribution < -0.4 is 10.1 Å². The number of aromatic nitrogens is 2. The minimum absolute atomic E-state index is 0.0403. The van der Waals surface area contributed by atoms with Gasteiger partial charge in [-0.05, 0) is 44.2 Å². The van der Waals surface area contributed by atoms with Crippen molar-refractivity contribution in [2.24, 2.45) is 5.92 Å². The molecular formula is C20H26N4O3. The Kier molecular flexibility index (Phi) is 5.01. The number of likely N-dealkylation sites (tertiary alicyclic amines) is 1. The van der Waals surface area contributed by atoms with Crippen LogP contribution in [0.3, 0.4) is 0 Å². The molecule has 1 atom stereocenters. The van der Waals surface area contributed by atoms with Crippen LogP contribution in [0.15, 0.2) is 18.2 Å². The van der Waals surface area contributed by atoms with Crippen molar-refractivity contribution < 1.29 is 14.3 Å². The molecule has 1 aliphatic carbocycles. The number of aromatic amines is 1. The van der Waals surface area contributed by atoms with E-state index in [-0.39, 0.29) is 23.8 Å². The summed E-state index contributed by atoms with van der Waals surface area (Å²) in [5.74, 6) is 1.89. The number of carbonyl (C=O) groups excluding carboxylic acids is 2. The molecule has 2 amide bonds. The van der Waals surface area contributed by atoms with Crippen molar-refractivity contribution in [3.05, 3.63) is 24.0 Å². The number of H-pyrrole nitrogens is 1. The maximum absolute atomic E-state index is 12.6. The van der Waals surface area contributed by atoms with E-state index in [4.69, 9.17) is 4.74 Å². The van der Waals surface area contributed by atoms with Gasteiger partial charge in [-0.1, -0.05) is 0 Å². The van der Waals surface area contributed by atoms with Crippen LogP contribution in [0, 0.1) is 5.92 Å². The Bertz CT molecular complexity index is 843. The van der Waals surface area contributed by atoms with Gasteiger partial charge in [0.15, 0.2) is 0 Å². The van der Waals surface area contributed by atoms with Crippen LogP contribution in [-0.2, 0) is 16.0 Å². The second-order valence-electron chi connectivity index (χ2n) is 7.43. The number of methoxy groups -OCH3 is 1. The molecule has 0 spiro atoms. The van der Waals surface area contributed by atoms with Gasteiger partial charge < -0.3 is 19.9 Å². The molecule has 1 unspecified atom stereocenters. The van der Waals surface area contributed by atoms with Gasteiger partial charge in [-0.15, -0.1) is 0 Å². The molecule has 144 valence electrons. The predicted molar refractivity (Wildman–Crippen MR) is 101 cm³/mol. The second-order valence-corrected chi connectivity index (χ2v) is 7.43. The lowest BCUT2D eigenvalue weighted by Crippen LogP contribution is -2.52. The summed E-state index contributed by atoms with van der Waals surface area (Å²) in [5, 5.41) is 2.99. The first-order chi connectivity index (χ1) is 13.2. The fourth-order valence-electron chi connectivity index (χ4n) is 3.74. The Morgan fingerprint density at radius 2 is 2.15 bits per heavy atom. The van der Waals surface area contributed by atoms with Crippen LogP contribution >= 0.6 is 0 Å². The molecule has 7 heteroatoms. The van der Waals surface area contributed by atoms with Gasteiger partial charge in [0.2, 0.25) is 11.8 Å². The monoisotopic (exact) mass is 370 g/mol. The van der Waals surface area contributed by atoms with Crippen LogP contribution in [-0.4, -0.2) is 52.9 Å². The normalized spacial score (nSPS) is 19.9. The highest BCUT2D eigenvalue weighted by Crippen LogP contribution is 2.33. The van der Waals surface area contributed by atoms with Crippen molar-refractivity contribution in [1.82, 2.24) is 20.2 Å². The SMILES string of the molecule is COc1ccc2nc(CCNC(=O)C3CCCCN3C(=O)C3CC3)[nH]c2c1. The molecule has 0 bridgehead atoms. The van der Waals surface area contributed by atoms with Gasteiger partial charge >= 0.3 is 0 Å². The van der Waals surface area contributed by atoms with Crippen molar-refractivity contribution in [1.29, 1.82) is 0 Å². The minimum atomic E-state index is -0.313. The Hall–Kier alpha value is -2.57. The zero-order valence-corrected chi connectivity index (χ0v) is 15.7. The van der Waals surface area contributed by atoms with E-state index >= 15 is 0 Å². The summed E-state index contributed by atoms with van der Waals surface area (Å²) in [6.45, 7) is 1.20. The third kappa shape index (κ3) is 3.91. The molecule has 1 aliphatic heterocycles. The number of fused-ring (bicyclic) bond motifs is 1. The summed E-state index contributed by atoms with van der Waals surface area (Å²) >= 11 is 0. The average molecular weight is 370 g/mol. The largest absolute Gasteiger partial charge is 0.497 e. The van der Waals surface area contributed by atoms with Crippen LogP contribution in [0.5, 0.6) is 5.75 Å². The van der Waals surface area contributed by atoms with Crippen molar-refractivity contribution >= 4 is 22.8 Å². The summed E-state index contributed by atoms with van der Waals surface area (Å²) in [6, 6.07) is 5.39. The van der Waals surface area contributed by atoms with Gasteiger partial charge in [-0.3, -0.25) is 9.59 Å². The number of hydrogen-bond donors (Lipinski definition) is 2. The Balaban J connectivity index is 1.33. The second kappa shape index (κ2) is 7.58. The van der Waals surface area contributed by atoms with E-state index < -0.39 is 0 Å². The molecule has 2 fully saturated rings. The summed E-state index contributed by atoms with van der Waals surface area (Å²) < 4.78 is 5.22. The first-order valence-corrected chi connectivity index (χ1v) is 9.76. The fourth-order valence-corrected chi connectivity index (χ4v) is 3.74. The Labute approximate surface area is 158 Å². The quantitative estimate of drug-likeness (QED) is 0.814. The lowest BCUT2D eigenvalue weighted by molar-refractivity contribution is -0.143. The first kappa shape index (κ1) is 17.8. The van der Waals surface area contributed by atoms with Gasteiger partial charge in [0.05, 0.1) is 18.1 Å². The molecule has 1 saturated carbocycles. The number of hydrogen-bond acceptors (Lipinski definition) is 4. The number of nitrogens with one attached hydrogen (secondary N) is 2. The standard InChI is InChI=1S/C20H26N4O3/c1-27-14-7-8-15-16(12-14)23-18(22-15)9-10-21-19(25)17-4-2-3-11-24(17)20(26)13-5-6-13/h7-8,12-13,17H,2-6,9-11H2,1H3,(H,21,25)(H,22,23). The van der Waals surface area contributed by atoms with E-state index in [1.165, 1.54) is 0 Å². The molecule has 2 aromatic rings. The molecule has 2 N–H and O–H groups in total. The molecule has 1 saturated heterocycles.